The summed E-state index contributed by atoms with van der Waals surface area (Å²) in [4.78, 5) is 13.0. The normalized spacial score (nSPS) is 21.4. The van der Waals surface area contributed by atoms with Gasteiger partial charge in [-0.05, 0) is 48.6 Å². The van der Waals surface area contributed by atoms with Crippen molar-refractivity contribution in [2.75, 3.05) is 17.1 Å². The second-order valence-electron chi connectivity index (χ2n) is 7.49. The molecule has 1 amide bonds. The van der Waals surface area contributed by atoms with Gasteiger partial charge in [0.15, 0.2) is 6.10 Å². The summed E-state index contributed by atoms with van der Waals surface area (Å²) >= 11 is 6.06. The number of hydrogen-bond acceptors (Lipinski definition) is 4. The maximum absolute atomic E-state index is 13.0. The lowest BCUT2D eigenvalue weighted by molar-refractivity contribution is -0.129. The molecule has 1 aliphatic carbocycles. The SMILES string of the molecule is CS(=O)(=O)N1CC[C@H](C(=O)N[C@H]2CCCc3ccccc32)Oc2ccc(Cl)cc21. The van der Waals surface area contributed by atoms with Gasteiger partial charge >= 0.3 is 0 Å². The number of halogens is 1. The van der Waals surface area contributed by atoms with Gasteiger partial charge in [-0.2, -0.15) is 0 Å². The van der Waals surface area contributed by atoms with Gasteiger partial charge < -0.3 is 10.1 Å². The summed E-state index contributed by atoms with van der Waals surface area (Å²) in [7, 11) is -3.53. The Labute approximate surface area is 175 Å². The molecule has 1 heterocycles. The minimum Gasteiger partial charge on any atom is -0.478 e. The van der Waals surface area contributed by atoms with Crippen LogP contribution in [0.1, 0.15) is 36.4 Å². The first-order valence-electron chi connectivity index (χ1n) is 9.65. The Kier molecular flexibility index (Phi) is 5.44. The van der Waals surface area contributed by atoms with Crippen LogP contribution in [0.25, 0.3) is 0 Å². The molecule has 0 spiro atoms. The molecule has 0 aromatic heterocycles. The second-order valence-corrected chi connectivity index (χ2v) is 9.84. The fraction of sp³-hybridized carbons (Fsp3) is 0.381. The molecular weight excluding hydrogens is 412 g/mol. The molecule has 154 valence electrons. The maximum atomic E-state index is 13.0. The summed E-state index contributed by atoms with van der Waals surface area (Å²) < 4.78 is 31.7. The number of aryl methyl sites for hydroxylation is 1. The van der Waals surface area contributed by atoms with Crippen molar-refractivity contribution in [1.82, 2.24) is 5.32 Å². The summed E-state index contributed by atoms with van der Waals surface area (Å²) in [6.07, 6.45) is 3.50. The Morgan fingerprint density at radius 1 is 1.21 bits per heavy atom. The highest BCUT2D eigenvalue weighted by atomic mass is 35.5. The molecule has 2 atom stereocenters. The van der Waals surface area contributed by atoms with E-state index in [1.54, 1.807) is 18.2 Å². The number of fused-ring (bicyclic) bond motifs is 2. The number of carbonyl (C=O) groups is 1. The second kappa shape index (κ2) is 7.88. The van der Waals surface area contributed by atoms with Crippen LogP contribution in [0.15, 0.2) is 42.5 Å². The van der Waals surface area contributed by atoms with Crippen molar-refractivity contribution in [2.45, 2.75) is 37.8 Å². The van der Waals surface area contributed by atoms with Gasteiger partial charge in [-0.3, -0.25) is 9.10 Å². The average molecular weight is 435 g/mol. The lowest BCUT2D eigenvalue weighted by Gasteiger charge is -2.28. The minimum atomic E-state index is -3.53. The van der Waals surface area contributed by atoms with Crippen molar-refractivity contribution in [2.24, 2.45) is 0 Å². The molecule has 0 unspecified atom stereocenters. The number of sulfonamides is 1. The topological polar surface area (TPSA) is 75.7 Å². The van der Waals surface area contributed by atoms with E-state index < -0.39 is 16.1 Å². The molecule has 2 aliphatic rings. The smallest absolute Gasteiger partial charge is 0.261 e. The monoisotopic (exact) mass is 434 g/mol. The van der Waals surface area contributed by atoms with Crippen molar-refractivity contribution < 1.29 is 17.9 Å². The summed E-state index contributed by atoms with van der Waals surface area (Å²) in [6.45, 7) is 0.144. The molecular formula is C21H23ClN2O4S. The highest BCUT2D eigenvalue weighted by Gasteiger charge is 2.33. The van der Waals surface area contributed by atoms with Crippen LogP contribution in [0, 0.1) is 0 Å². The molecule has 0 saturated carbocycles. The molecule has 0 bridgehead atoms. The summed E-state index contributed by atoms with van der Waals surface area (Å²) in [5.74, 6) is 0.101. The molecule has 8 heteroatoms. The highest BCUT2D eigenvalue weighted by Crippen LogP contribution is 2.37. The first kappa shape index (κ1) is 20.0. The zero-order chi connectivity index (χ0) is 20.6. The Bertz CT molecular complexity index is 1040. The van der Waals surface area contributed by atoms with E-state index in [0.717, 1.165) is 31.1 Å². The summed E-state index contributed by atoms with van der Waals surface area (Å²) in [5.41, 5.74) is 2.76. The highest BCUT2D eigenvalue weighted by molar-refractivity contribution is 7.92. The van der Waals surface area contributed by atoms with Crippen molar-refractivity contribution >= 4 is 33.2 Å². The van der Waals surface area contributed by atoms with Crippen molar-refractivity contribution in [1.29, 1.82) is 0 Å². The predicted octanol–water partition coefficient (Wildman–Crippen LogP) is 3.45. The quantitative estimate of drug-likeness (QED) is 0.802. The van der Waals surface area contributed by atoms with Crippen LogP contribution in [0.4, 0.5) is 5.69 Å². The van der Waals surface area contributed by atoms with Crippen LogP contribution in [-0.2, 0) is 21.2 Å². The Morgan fingerprint density at radius 3 is 2.79 bits per heavy atom. The van der Waals surface area contributed by atoms with Gasteiger partial charge in [0.1, 0.15) is 5.75 Å². The van der Waals surface area contributed by atoms with Crippen LogP contribution >= 0.6 is 11.6 Å². The minimum absolute atomic E-state index is 0.0602. The summed E-state index contributed by atoms with van der Waals surface area (Å²) in [6, 6.07) is 12.9. The molecule has 1 N–H and O–H groups in total. The van der Waals surface area contributed by atoms with E-state index in [-0.39, 0.29) is 24.9 Å². The number of carbonyl (C=O) groups excluding carboxylic acids is 1. The molecule has 4 rings (SSSR count). The standard InChI is InChI=1S/C21H23ClN2O4S/c1-29(26,27)24-12-11-20(28-19-10-9-15(22)13-18(19)24)21(25)23-17-8-4-6-14-5-2-3-7-16(14)17/h2-3,5,7,9-10,13,17,20H,4,6,8,11-12H2,1H3,(H,23,25)/t17-,20+/m0/s1. The first-order valence-corrected chi connectivity index (χ1v) is 11.9. The van der Waals surface area contributed by atoms with Crippen LogP contribution < -0.4 is 14.4 Å². The zero-order valence-corrected chi connectivity index (χ0v) is 17.7. The van der Waals surface area contributed by atoms with E-state index in [9.17, 15) is 13.2 Å². The third-order valence-electron chi connectivity index (χ3n) is 5.43. The van der Waals surface area contributed by atoms with Crippen molar-refractivity contribution in [3.05, 3.63) is 58.6 Å². The molecule has 1 aliphatic heterocycles. The fourth-order valence-corrected chi connectivity index (χ4v) is 5.15. The Morgan fingerprint density at radius 2 is 2.00 bits per heavy atom. The molecule has 29 heavy (non-hydrogen) atoms. The fourth-order valence-electron chi connectivity index (χ4n) is 4.05. The van der Waals surface area contributed by atoms with Gasteiger partial charge in [0.2, 0.25) is 10.0 Å². The van der Waals surface area contributed by atoms with Crippen molar-refractivity contribution in [3.8, 4) is 5.75 Å². The van der Waals surface area contributed by atoms with E-state index in [1.165, 1.54) is 9.87 Å². The molecule has 2 aromatic rings. The first-order chi connectivity index (χ1) is 13.8. The van der Waals surface area contributed by atoms with Crippen LogP contribution in [-0.4, -0.2) is 33.2 Å². The number of ether oxygens (including phenoxy) is 1. The number of anilines is 1. The van der Waals surface area contributed by atoms with E-state index in [2.05, 4.69) is 17.4 Å². The van der Waals surface area contributed by atoms with E-state index in [1.807, 2.05) is 12.1 Å². The third-order valence-corrected chi connectivity index (χ3v) is 6.85. The van der Waals surface area contributed by atoms with Crippen LogP contribution in [0.2, 0.25) is 5.02 Å². The van der Waals surface area contributed by atoms with Gasteiger partial charge in [0, 0.05) is 18.0 Å². The maximum Gasteiger partial charge on any atom is 0.261 e. The molecule has 0 saturated heterocycles. The van der Waals surface area contributed by atoms with Gasteiger partial charge in [-0.1, -0.05) is 35.9 Å². The number of nitrogens with zero attached hydrogens (tertiary/aromatic N) is 1. The van der Waals surface area contributed by atoms with Gasteiger partial charge in [-0.25, -0.2) is 8.42 Å². The Hall–Kier alpha value is -2.25. The van der Waals surface area contributed by atoms with Gasteiger partial charge in [0.25, 0.3) is 5.91 Å². The molecule has 6 nitrogen and oxygen atoms in total. The number of rotatable bonds is 3. The number of hydrogen-bond donors (Lipinski definition) is 1. The lowest BCUT2D eigenvalue weighted by Crippen LogP contribution is -2.42. The van der Waals surface area contributed by atoms with Crippen LogP contribution in [0.3, 0.4) is 0 Å². The number of benzene rings is 2. The van der Waals surface area contributed by atoms with Crippen LogP contribution in [0.5, 0.6) is 5.75 Å². The zero-order valence-electron chi connectivity index (χ0n) is 16.1. The number of nitrogens with one attached hydrogen (secondary N) is 1. The average Bonchev–Trinajstić information content (AvgIpc) is 2.87. The third kappa shape index (κ3) is 4.21. The predicted molar refractivity (Wildman–Crippen MR) is 113 cm³/mol. The number of amides is 1. The van der Waals surface area contributed by atoms with Gasteiger partial charge in [0.05, 0.1) is 18.0 Å². The van der Waals surface area contributed by atoms with Gasteiger partial charge in [-0.15, -0.1) is 0 Å². The molecule has 0 fully saturated rings. The van der Waals surface area contributed by atoms with E-state index in [4.69, 9.17) is 16.3 Å². The largest absolute Gasteiger partial charge is 0.478 e. The van der Waals surface area contributed by atoms with E-state index in [0.29, 0.717) is 16.5 Å². The lowest BCUT2D eigenvalue weighted by atomic mass is 9.87. The molecule has 0 radical (unpaired) electrons. The molecule has 2 aromatic carbocycles. The van der Waals surface area contributed by atoms with E-state index >= 15 is 0 Å². The van der Waals surface area contributed by atoms with Crippen molar-refractivity contribution in [3.63, 3.8) is 0 Å². The summed E-state index contributed by atoms with van der Waals surface area (Å²) in [5, 5.41) is 3.52. The Balaban J connectivity index is 1.57.